The lowest BCUT2D eigenvalue weighted by Crippen LogP contribution is -2.05. The Morgan fingerprint density at radius 2 is 2.04 bits per heavy atom. The lowest BCUT2D eigenvalue weighted by atomic mass is 10.2. The lowest BCUT2D eigenvalue weighted by molar-refractivity contribution is 0.263. The summed E-state index contributed by atoms with van der Waals surface area (Å²) in [6, 6.07) is 9.67. The van der Waals surface area contributed by atoms with Crippen LogP contribution in [0.3, 0.4) is 0 Å². The first-order valence-electron chi connectivity index (χ1n) is 7.81. The highest BCUT2D eigenvalue weighted by Gasteiger charge is 2.20. The van der Waals surface area contributed by atoms with E-state index in [1.54, 1.807) is 0 Å². The molecule has 7 nitrogen and oxygen atoms in total. The van der Waals surface area contributed by atoms with Gasteiger partial charge in [0.05, 0.1) is 5.25 Å². The standard InChI is InChI=1S/C16H19N5O2S/c1-3-9-21-13(10-22)18-19-16(21)24-11(2)14-17-15(23-20-14)12-7-5-4-6-8-12/h4-8,11,22H,3,9-10H2,1-2H3/t11-/m1/s1. The zero-order valence-electron chi connectivity index (χ0n) is 13.6. The fraction of sp³-hybridized carbons (Fsp3) is 0.375. The summed E-state index contributed by atoms with van der Waals surface area (Å²) < 4.78 is 7.29. The van der Waals surface area contributed by atoms with Crippen LogP contribution >= 0.6 is 11.8 Å². The lowest BCUT2D eigenvalue weighted by Gasteiger charge is -2.09. The van der Waals surface area contributed by atoms with Crippen molar-refractivity contribution < 1.29 is 9.63 Å². The van der Waals surface area contributed by atoms with Gasteiger partial charge in [0.25, 0.3) is 5.89 Å². The highest BCUT2D eigenvalue weighted by atomic mass is 32.2. The predicted octanol–water partition coefficient (Wildman–Crippen LogP) is 3.08. The smallest absolute Gasteiger partial charge is 0.257 e. The number of aliphatic hydroxyl groups excluding tert-OH is 1. The number of thioether (sulfide) groups is 1. The molecule has 1 N–H and O–H groups in total. The molecule has 24 heavy (non-hydrogen) atoms. The van der Waals surface area contributed by atoms with Gasteiger partial charge in [0.1, 0.15) is 6.61 Å². The van der Waals surface area contributed by atoms with Crippen LogP contribution in [0, 0.1) is 0 Å². The Kier molecular flexibility index (Phi) is 5.27. The van der Waals surface area contributed by atoms with Crippen molar-refractivity contribution in [3.63, 3.8) is 0 Å². The number of hydrogen-bond acceptors (Lipinski definition) is 7. The topological polar surface area (TPSA) is 89.9 Å². The summed E-state index contributed by atoms with van der Waals surface area (Å²) >= 11 is 1.50. The minimum absolute atomic E-state index is 0.0439. The molecule has 0 bridgehead atoms. The molecule has 0 fully saturated rings. The molecule has 0 aliphatic rings. The Morgan fingerprint density at radius 3 is 2.75 bits per heavy atom. The van der Waals surface area contributed by atoms with E-state index in [0.29, 0.717) is 17.5 Å². The first-order chi connectivity index (χ1) is 11.7. The van der Waals surface area contributed by atoms with Gasteiger partial charge in [-0.3, -0.25) is 0 Å². The van der Waals surface area contributed by atoms with E-state index in [-0.39, 0.29) is 11.9 Å². The monoisotopic (exact) mass is 345 g/mol. The van der Waals surface area contributed by atoms with Crippen LogP contribution in [0.4, 0.5) is 0 Å². The van der Waals surface area contributed by atoms with Gasteiger partial charge in [-0.25, -0.2) is 0 Å². The van der Waals surface area contributed by atoms with Crippen LogP contribution in [-0.4, -0.2) is 30.0 Å². The van der Waals surface area contributed by atoms with Gasteiger partial charge < -0.3 is 14.2 Å². The van der Waals surface area contributed by atoms with Gasteiger partial charge in [0.15, 0.2) is 16.8 Å². The SMILES string of the molecule is CCCn1c(CO)nnc1S[C@H](C)c1noc(-c2ccccc2)n1. The summed E-state index contributed by atoms with van der Waals surface area (Å²) in [5.41, 5.74) is 0.894. The molecule has 0 aliphatic carbocycles. The van der Waals surface area contributed by atoms with E-state index in [1.165, 1.54) is 11.8 Å². The fourth-order valence-electron chi connectivity index (χ4n) is 2.28. The molecule has 1 aromatic carbocycles. The Balaban J connectivity index is 1.77. The van der Waals surface area contributed by atoms with E-state index in [0.717, 1.165) is 23.7 Å². The third kappa shape index (κ3) is 3.49. The van der Waals surface area contributed by atoms with Gasteiger partial charge in [0, 0.05) is 12.1 Å². The van der Waals surface area contributed by atoms with Crippen molar-refractivity contribution in [3.05, 3.63) is 42.0 Å². The van der Waals surface area contributed by atoms with Gasteiger partial charge in [-0.15, -0.1) is 10.2 Å². The molecule has 1 atom stereocenters. The molecule has 0 spiro atoms. The second-order valence-corrected chi connectivity index (χ2v) is 6.60. The van der Waals surface area contributed by atoms with Crippen molar-refractivity contribution in [2.24, 2.45) is 0 Å². The molecule has 2 heterocycles. The summed E-state index contributed by atoms with van der Waals surface area (Å²) in [6.07, 6.45) is 0.938. The molecule has 0 radical (unpaired) electrons. The molecule has 0 amide bonds. The molecular formula is C16H19N5O2S. The van der Waals surface area contributed by atoms with Crippen molar-refractivity contribution >= 4 is 11.8 Å². The maximum absolute atomic E-state index is 9.37. The van der Waals surface area contributed by atoms with Crippen LogP contribution in [-0.2, 0) is 13.2 Å². The molecule has 8 heteroatoms. The van der Waals surface area contributed by atoms with Crippen LogP contribution in [0.15, 0.2) is 40.0 Å². The van der Waals surface area contributed by atoms with Crippen LogP contribution in [0.25, 0.3) is 11.5 Å². The zero-order valence-corrected chi connectivity index (χ0v) is 14.4. The summed E-state index contributed by atoms with van der Waals surface area (Å²) in [7, 11) is 0. The zero-order chi connectivity index (χ0) is 16.9. The van der Waals surface area contributed by atoms with E-state index in [2.05, 4.69) is 27.3 Å². The number of aromatic nitrogens is 5. The van der Waals surface area contributed by atoms with Crippen LogP contribution in [0.1, 0.15) is 37.2 Å². The molecular weight excluding hydrogens is 326 g/mol. The molecule has 0 saturated heterocycles. The first kappa shape index (κ1) is 16.7. The second-order valence-electron chi connectivity index (χ2n) is 5.29. The maximum atomic E-state index is 9.37. The number of benzene rings is 1. The summed E-state index contributed by atoms with van der Waals surface area (Å²) in [5, 5.41) is 22.3. The Labute approximate surface area is 144 Å². The van der Waals surface area contributed by atoms with Crippen molar-refractivity contribution in [2.45, 2.75) is 43.8 Å². The van der Waals surface area contributed by atoms with Gasteiger partial charge in [-0.05, 0) is 25.5 Å². The quantitative estimate of drug-likeness (QED) is 0.658. The fourth-order valence-corrected chi connectivity index (χ4v) is 3.21. The molecule has 0 unspecified atom stereocenters. The largest absolute Gasteiger partial charge is 0.388 e. The van der Waals surface area contributed by atoms with Crippen LogP contribution in [0.2, 0.25) is 0 Å². The van der Waals surface area contributed by atoms with Crippen LogP contribution in [0.5, 0.6) is 0 Å². The third-order valence-corrected chi connectivity index (χ3v) is 4.57. The summed E-state index contributed by atoms with van der Waals surface area (Å²) in [4.78, 5) is 4.47. The van der Waals surface area contributed by atoms with Crippen LogP contribution < -0.4 is 0 Å². The number of rotatable bonds is 7. The average molecular weight is 345 g/mol. The third-order valence-electron chi connectivity index (χ3n) is 3.49. The highest BCUT2D eigenvalue weighted by molar-refractivity contribution is 7.99. The van der Waals surface area contributed by atoms with E-state index in [9.17, 15) is 5.11 Å². The van der Waals surface area contributed by atoms with Gasteiger partial charge in [0.2, 0.25) is 0 Å². The van der Waals surface area contributed by atoms with E-state index in [1.807, 2.05) is 41.8 Å². The predicted molar refractivity (Wildman–Crippen MR) is 90.2 cm³/mol. The van der Waals surface area contributed by atoms with Crippen molar-refractivity contribution in [2.75, 3.05) is 0 Å². The molecule has 0 saturated carbocycles. The van der Waals surface area contributed by atoms with E-state index >= 15 is 0 Å². The summed E-state index contributed by atoms with van der Waals surface area (Å²) in [6.45, 7) is 4.71. The van der Waals surface area contributed by atoms with E-state index in [4.69, 9.17) is 4.52 Å². The first-order valence-corrected chi connectivity index (χ1v) is 8.69. The number of hydrogen-bond donors (Lipinski definition) is 1. The number of aliphatic hydroxyl groups is 1. The minimum Gasteiger partial charge on any atom is -0.388 e. The molecule has 2 aromatic heterocycles. The Morgan fingerprint density at radius 1 is 1.25 bits per heavy atom. The summed E-state index contributed by atoms with van der Waals surface area (Å²) in [5.74, 6) is 1.68. The average Bonchev–Trinajstić information content (AvgIpc) is 3.24. The minimum atomic E-state index is -0.123. The van der Waals surface area contributed by atoms with Gasteiger partial charge in [-0.2, -0.15) is 4.98 Å². The Hall–Kier alpha value is -2.19. The Bertz CT molecular complexity index is 787. The molecule has 3 aromatic rings. The number of nitrogens with zero attached hydrogens (tertiary/aromatic N) is 5. The normalized spacial score (nSPS) is 12.5. The van der Waals surface area contributed by atoms with Crippen molar-refractivity contribution in [3.8, 4) is 11.5 Å². The maximum Gasteiger partial charge on any atom is 0.257 e. The van der Waals surface area contributed by atoms with E-state index < -0.39 is 0 Å². The molecule has 0 aliphatic heterocycles. The van der Waals surface area contributed by atoms with Crippen molar-refractivity contribution in [1.82, 2.24) is 24.9 Å². The highest BCUT2D eigenvalue weighted by Crippen LogP contribution is 2.33. The van der Waals surface area contributed by atoms with Crippen molar-refractivity contribution in [1.29, 1.82) is 0 Å². The van der Waals surface area contributed by atoms with Gasteiger partial charge >= 0.3 is 0 Å². The molecule has 126 valence electrons. The van der Waals surface area contributed by atoms with Gasteiger partial charge in [-0.1, -0.05) is 42.0 Å². The molecule has 3 rings (SSSR count). The second kappa shape index (κ2) is 7.59.